The lowest BCUT2D eigenvalue weighted by atomic mass is 10.1. The van der Waals surface area contributed by atoms with Gasteiger partial charge in [0.15, 0.2) is 0 Å². The molecule has 16 heavy (non-hydrogen) atoms. The summed E-state index contributed by atoms with van der Waals surface area (Å²) in [6, 6.07) is 2.64. The zero-order valence-electron chi connectivity index (χ0n) is 8.62. The van der Waals surface area contributed by atoms with Gasteiger partial charge in [0.1, 0.15) is 11.8 Å². The van der Waals surface area contributed by atoms with Crippen molar-refractivity contribution < 1.29 is 18.3 Å². The number of rotatable bonds is 2. The fourth-order valence-electron chi connectivity index (χ4n) is 1.20. The van der Waals surface area contributed by atoms with Crippen molar-refractivity contribution in [2.75, 3.05) is 7.11 Å². The van der Waals surface area contributed by atoms with Crippen molar-refractivity contribution in [2.45, 2.75) is 13.3 Å². The third kappa shape index (κ3) is 2.14. The Labute approximate surface area is 90.5 Å². The first-order chi connectivity index (χ1) is 7.51. The van der Waals surface area contributed by atoms with Gasteiger partial charge < -0.3 is 4.74 Å². The number of halogens is 2. The number of esters is 1. The first-order valence-electron chi connectivity index (χ1n) is 4.29. The first kappa shape index (κ1) is 12.0. The minimum Gasteiger partial charge on any atom is -0.465 e. The summed E-state index contributed by atoms with van der Waals surface area (Å²) in [7, 11) is 1.16. The van der Waals surface area contributed by atoms with Crippen molar-refractivity contribution in [3.63, 3.8) is 0 Å². The van der Waals surface area contributed by atoms with Gasteiger partial charge in [-0.25, -0.2) is 18.6 Å². The average Bonchev–Trinajstić information content (AvgIpc) is 2.27. The van der Waals surface area contributed by atoms with Crippen LogP contribution in [0.5, 0.6) is 0 Å². The molecule has 1 aromatic heterocycles. The summed E-state index contributed by atoms with van der Waals surface area (Å²) < 4.78 is 29.4. The Morgan fingerprint density at radius 1 is 1.62 bits per heavy atom. The highest BCUT2D eigenvalue weighted by Crippen LogP contribution is 2.22. The van der Waals surface area contributed by atoms with Crippen LogP contribution in [-0.4, -0.2) is 18.1 Å². The van der Waals surface area contributed by atoms with Crippen molar-refractivity contribution in [1.82, 2.24) is 4.98 Å². The van der Waals surface area contributed by atoms with Gasteiger partial charge in [0.05, 0.1) is 23.9 Å². The predicted octanol–water partition coefficient (Wildman–Crippen LogP) is 1.99. The lowest BCUT2D eigenvalue weighted by molar-refractivity contribution is 0.0598. The average molecular weight is 226 g/mol. The summed E-state index contributed by atoms with van der Waals surface area (Å²) in [6.45, 7) is 1.40. The lowest BCUT2D eigenvalue weighted by Gasteiger charge is -2.07. The Kier molecular flexibility index (Phi) is 3.51. The molecule has 0 atom stereocenters. The second kappa shape index (κ2) is 4.66. The number of aromatic nitrogens is 1. The van der Waals surface area contributed by atoms with Crippen LogP contribution >= 0.6 is 0 Å². The van der Waals surface area contributed by atoms with Crippen LogP contribution in [0.3, 0.4) is 0 Å². The van der Waals surface area contributed by atoms with Crippen molar-refractivity contribution in [2.24, 2.45) is 0 Å². The van der Waals surface area contributed by atoms with Crippen LogP contribution < -0.4 is 0 Å². The van der Waals surface area contributed by atoms with Gasteiger partial charge in [-0.15, -0.1) is 0 Å². The minimum atomic E-state index is -2.85. The number of methoxy groups -OCH3 is 1. The summed E-state index contributed by atoms with van der Waals surface area (Å²) in [5.74, 6) is -0.706. The van der Waals surface area contributed by atoms with Crippen LogP contribution in [-0.2, 0) is 4.74 Å². The van der Waals surface area contributed by atoms with Crippen LogP contribution in [0.2, 0.25) is 0 Å². The third-order valence-corrected chi connectivity index (χ3v) is 1.98. The van der Waals surface area contributed by atoms with Crippen LogP contribution in [0.15, 0.2) is 6.07 Å². The van der Waals surface area contributed by atoms with E-state index in [1.54, 1.807) is 6.07 Å². The summed E-state index contributed by atoms with van der Waals surface area (Å²) >= 11 is 0. The van der Waals surface area contributed by atoms with Gasteiger partial charge in [-0.2, -0.15) is 5.26 Å². The number of nitriles is 1. The van der Waals surface area contributed by atoms with E-state index in [1.807, 2.05) is 0 Å². The lowest BCUT2D eigenvalue weighted by Crippen LogP contribution is -2.09. The molecule has 4 nitrogen and oxygen atoms in total. The van der Waals surface area contributed by atoms with Gasteiger partial charge in [0, 0.05) is 0 Å². The maximum Gasteiger partial charge on any atom is 0.339 e. The quantitative estimate of drug-likeness (QED) is 0.723. The molecule has 0 aliphatic heterocycles. The van der Waals surface area contributed by atoms with Gasteiger partial charge in [-0.1, -0.05) is 0 Å². The number of aryl methyl sites for hydroxylation is 1. The number of hydrogen-bond acceptors (Lipinski definition) is 4. The van der Waals surface area contributed by atoms with Crippen molar-refractivity contribution in [3.8, 4) is 6.07 Å². The molecule has 84 valence electrons. The highest BCUT2D eigenvalue weighted by atomic mass is 19.3. The second-order valence-corrected chi connectivity index (χ2v) is 2.96. The molecule has 0 bridgehead atoms. The third-order valence-electron chi connectivity index (χ3n) is 1.98. The molecule has 0 aliphatic carbocycles. The van der Waals surface area contributed by atoms with Gasteiger partial charge in [-0.05, 0) is 13.0 Å². The summed E-state index contributed by atoms with van der Waals surface area (Å²) in [4.78, 5) is 14.8. The zero-order valence-corrected chi connectivity index (χ0v) is 8.62. The molecule has 6 heteroatoms. The number of pyridine rings is 1. The Balaban J connectivity index is 3.38. The number of carbonyl (C=O) groups is 1. The van der Waals surface area contributed by atoms with Gasteiger partial charge in [0.25, 0.3) is 6.43 Å². The summed E-state index contributed by atoms with van der Waals surface area (Å²) in [6.07, 6.45) is -2.85. The smallest absolute Gasteiger partial charge is 0.339 e. The molecule has 0 saturated carbocycles. The Hall–Kier alpha value is -2.03. The number of nitrogens with zero attached hydrogens (tertiary/aromatic N) is 2. The fourth-order valence-corrected chi connectivity index (χ4v) is 1.20. The van der Waals surface area contributed by atoms with Crippen LogP contribution in [0.1, 0.15) is 33.7 Å². The van der Waals surface area contributed by atoms with Crippen LogP contribution in [0.25, 0.3) is 0 Å². The maximum absolute atomic E-state index is 12.5. The highest BCUT2D eigenvalue weighted by molar-refractivity contribution is 5.90. The van der Waals surface area contributed by atoms with Crippen molar-refractivity contribution in [3.05, 3.63) is 28.6 Å². The predicted molar refractivity (Wildman–Crippen MR) is 50.0 cm³/mol. The van der Waals surface area contributed by atoms with E-state index in [-0.39, 0.29) is 16.8 Å². The number of ether oxygens (including phenoxy) is 1. The molecule has 0 aromatic carbocycles. The molecule has 0 N–H and O–H groups in total. The molecular weight excluding hydrogens is 218 g/mol. The number of carbonyl (C=O) groups excluding carboxylic acids is 1. The van der Waals surface area contributed by atoms with E-state index < -0.39 is 18.1 Å². The van der Waals surface area contributed by atoms with Gasteiger partial charge in [0.2, 0.25) is 0 Å². The standard InChI is InChI=1S/C10H8F2N2O2/c1-5-7(10(15)16-2)3-6(4-13)8(14-5)9(11)12/h3,9H,1-2H3. The molecule has 0 radical (unpaired) electrons. The number of hydrogen-bond donors (Lipinski definition) is 0. The largest absolute Gasteiger partial charge is 0.465 e. The SMILES string of the molecule is COC(=O)c1cc(C#N)c(C(F)F)nc1C. The highest BCUT2D eigenvalue weighted by Gasteiger charge is 2.20. The van der Waals surface area contributed by atoms with Gasteiger partial charge in [-0.3, -0.25) is 0 Å². The number of alkyl halides is 2. The van der Waals surface area contributed by atoms with E-state index in [2.05, 4.69) is 9.72 Å². The Bertz CT molecular complexity index is 467. The van der Waals surface area contributed by atoms with Crippen LogP contribution in [0, 0.1) is 18.3 Å². The van der Waals surface area contributed by atoms with Crippen molar-refractivity contribution in [1.29, 1.82) is 5.26 Å². The first-order valence-corrected chi connectivity index (χ1v) is 4.29. The normalized spacial score (nSPS) is 10.0. The summed E-state index contributed by atoms with van der Waals surface area (Å²) in [5, 5.41) is 8.66. The van der Waals surface area contributed by atoms with Gasteiger partial charge >= 0.3 is 5.97 Å². The molecule has 1 aromatic rings. The molecule has 1 rings (SSSR count). The molecule has 0 saturated heterocycles. The molecule has 0 amide bonds. The van der Waals surface area contributed by atoms with E-state index in [0.29, 0.717) is 0 Å². The monoisotopic (exact) mass is 226 g/mol. The molecule has 0 aliphatic rings. The van der Waals surface area contributed by atoms with Crippen molar-refractivity contribution >= 4 is 5.97 Å². The maximum atomic E-state index is 12.5. The van der Waals surface area contributed by atoms with E-state index in [9.17, 15) is 13.6 Å². The Morgan fingerprint density at radius 2 is 2.25 bits per heavy atom. The molecule has 1 heterocycles. The Morgan fingerprint density at radius 3 is 2.69 bits per heavy atom. The van der Waals surface area contributed by atoms with Crippen LogP contribution in [0.4, 0.5) is 8.78 Å². The zero-order chi connectivity index (χ0) is 12.3. The minimum absolute atomic E-state index is 0.0171. The van der Waals surface area contributed by atoms with E-state index >= 15 is 0 Å². The molecular formula is C10H8F2N2O2. The van der Waals surface area contributed by atoms with E-state index in [1.165, 1.54) is 6.92 Å². The molecule has 0 unspecified atom stereocenters. The summed E-state index contributed by atoms with van der Waals surface area (Å²) in [5.41, 5.74) is -0.807. The molecule has 0 fully saturated rings. The topological polar surface area (TPSA) is 63.0 Å². The molecule has 0 spiro atoms. The second-order valence-electron chi connectivity index (χ2n) is 2.96. The fraction of sp³-hybridized carbons (Fsp3) is 0.300. The van der Waals surface area contributed by atoms with E-state index in [4.69, 9.17) is 5.26 Å². The van der Waals surface area contributed by atoms with E-state index in [0.717, 1.165) is 13.2 Å².